The van der Waals surface area contributed by atoms with Gasteiger partial charge in [-0.2, -0.15) is 0 Å². The first kappa shape index (κ1) is 12.0. The third-order valence-electron chi connectivity index (χ3n) is 2.09. The lowest BCUT2D eigenvalue weighted by atomic mass is 10.3. The minimum atomic E-state index is -0.465. The molecule has 1 heterocycles. The molecule has 5 heteroatoms. The van der Waals surface area contributed by atoms with Crippen molar-refractivity contribution in [3.8, 4) is 11.6 Å². The molecule has 2 aromatic rings. The number of pyridine rings is 1. The Bertz CT molecular complexity index is 516. The molecule has 0 saturated carbocycles. The van der Waals surface area contributed by atoms with Gasteiger partial charge in [0.1, 0.15) is 0 Å². The van der Waals surface area contributed by atoms with Gasteiger partial charge in [-0.1, -0.05) is 15.9 Å². The van der Waals surface area contributed by atoms with Gasteiger partial charge in [0.15, 0.2) is 11.6 Å². The summed E-state index contributed by atoms with van der Waals surface area (Å²) in [6.07, 6.45) is 1.48. The summed E-state index contributed by atoms with van der Waals surface area (Å²) in [5, 5.41) is 8.85. The van der Waals surface area contributed by atoms with Gasteiger partial charge < -0.3 is 9.84 Å². The average Bonchev–Trinajstić information content (AvgIpc) is 2.34. The van der Waals surface area contributed by atoms with Crippen LogP contribution in [-0.2, 0) is 6.61 Å². The largest absolute Gasteiger partial charge is 0.436 e. The molecule has 0 bridgehead atoms. The SMILES string of the molecule is OCc1ccc(Oc2ccc(Br)cc2F)nc1. The molecule has 0 aliphatic carbocycles. The Morgan fingerprint density at radius 1 is 1.29 bits per heavy atom. The molecule has 0 aliphatic rings. The molecule has 0 atom stereocenters. The van der Waals surface area contributed by atoms with Crippen molar-refractivity contribution in [2.24, 2.45) is 0 Å². The minimum absolute atomic E-state index is 0.0834. The Morgan fingerprint density at radius 2 is 2.12 bits per heavy atom. The Hall–Kier alpha value is -1.46. The van der Waals surface area contributed by atoms with Gasteiger partial charge in [0.2, 0.25) is 5.88 Å². The Labute approximate surface area is 106 Å². The zero-order chi connectivity index (χ0) is 12.3. The number of aliphatic hydroxyl groups excluding tert-OH is 1. The molecule has 0 amide bonds. The minimum Gasteiger partial charge on any atom is -0.436 e. The standard InChI is InChI=1S/C12H9BrFNO2/c13-9-2-3-11(10(14)5-9)17-12-4-1-8(7-16)6-15-12/h1-6,16H,7H2. The maximum Gasteiger partial charge on any atom is 0.219 e. The fourth-order valence-corrected chi connectivity index (χ4v) is 1.57. The average molecular weight is 298 g/mol. The molecule has 0 unspecified atom stereocenters. The molecular weight excluding hydrogens is 289 g/mol. The van der Waals surface area contributed by atoms with Crippen LogP contribution in [-0.4, -0.2) is 10.1 Å². The number of aliphatic hydroxyl groups is 1. The van der Waals surface area contributed by atoms with E-state index in [0.717, 1.165) is 0 Å². The highest BCUT2D eigenvalue weighted by molar-refractivity contribution is 9.10. The zero-order valence-corrected chi connectivity index (χ0v) is 10.3. The van der Waals surface area contributed by atoms with Crippen molar-refractivity contribution in [1.82, 2.24) is 4.98 Å². The van der Waals surface area contributed by atoms with E-state index in [9.17, 15) is 4.39 Å². The Kier molecular flexibility index (Phi) is 3.71. The summed E-state index contributed by atoms with van der Waals surface area (Å²) in [6, 6.07) is 7.76. The number of halogens is 2. The van der Waals surface area contributed by atoms with Crippen LogP contribution in [0, 0.1) is 5.82 Å². The quantitative estimate of drug-likeness (QED) is 0.945. The molecule has 1 N–H and O–H groups in total. The third kappa shape index (κ3) is 3.01. The summed E-state index contributed by atoms with van der Waals surface area (Å²) in [4.78, 5) is 3.95. The van der Waals surface area contributed by atoms with E-state index < -0.39 is 5.82 Å². The van der Waals surface area contributed by atoms with Crippen molar-refractivity contribution in [3.63, 3.8) is 0 Å². The highest BCUT2D eigenvalue weighted by Crippen LogP contribution is 2.25. The van der Waals surface area contributed by atoms with Crippen molar-refractivity contribution in [2.45, 2.75) is 6.61 Å². The molecule has 1 aromatic heterocycles. The summed E-state index contributed by atoms with van der Waals surface area (Å²) < 4.78 is 19.4. The second-order valence-electron chi connectivity index (χ2n) is 3.34. The van der Waals surface area contributed by atoms with E-state index in [0.29, 0.717) is 10.0 Å². The van der Waals surface area contributed by atoms with Crippen LogP contribution in [0.5, 0.6) is 11.6 Å². The fraction of sp³-hybridized carbons (Fsp3) is 0.0833. The van der Waals surface area contributed by atoms with Crippen LogP contribution in [0.2, 0.25) is 0 Å². The van der Waals surface area contributed by atoms with Crippen LogP contribution in [0.3, 0.4) is 0 Å². The van der Waals surface area contributed by atoms with Crippen LogP contribution in [0.25, 0.3) is 0 Å². The van der Waals surface area contributed by atoms with Gasteiger partial charge in [0.05, 0.1) is 6.61 Å². The molecule has 3 nitrogen and oxygen atoms in total. The highest BCUT2D eigenvalue weighted by atomic mass is 79.9. The lowest BCUT2D eigenvalue weighted by Gasteiger charge is -2.06. The summed E-state index contributed by atoms with van der Waals surface area (Å²) in [5.41, 5.74) is 0.675. The van der Waals surface area contributed by atoms with Crippen molar-refractivity contribution >= 4 is 15.9 Å². The van der Waals surface area contributed by atoms with E-state index >= 15 is 0 Å². The van der Waals surface area contributed by atoms with Gasteiger partial charge in [-0.3, -0.25) is 0 Å². The van der Waals surface area contributed by atoms with E-state index in [1.165, 1.54) is 18.3 Å². The van der Waals surface area contributed by atoms with Gasteiger partial charge in [-0.25, -0.2) is 9.37 Å². The predicted molar refractivity (Wildman–Crippen MR) is 64.3 cm³/mol. The van der Waals surface area contributed by atoms with E-state index in [2.05, 4.69) is 20.9 Å². The summed E-state index contributed by atoms with van der Waals surface area (Å²) in [7, 11) is 0. The first-order valence-corrected chi connectivity index (χ1v) is 5.67. The van der Waals surface area contributed by atoms with E-state index in [1.54, 1.807) is 18.2 Å². The maximum atomic E-state index is 13.5. The van der Waals surface area contributed by atoms with Crippen molar-refractivity contribution in [2.75, 3.05) is 0 Å². The number of aromatic nitrogens is 1. The molecule has 88 valence electrons. The first-order valence-electron chi connectivity index (χ1n) is 4.88. The third-order valence-corrected chi connectivity index (χ3v) is 2.58. The topological polar surface area (TPSA) is 42.4 Å². The number of hydrogen-bond acceptors (Lipinski definition) is 3. The van der Waals surface area contributed by atoms with Gasteiger partial charge in [-0.15, -0.1) is 0 Å². The molecule has 0 spiro atoms. The Balaban J connectivity index is 2.19. The second kappa shape index (κ2) is 5.25. The normalized spacial score (nSPS) is 10.3. The Morgan fingerprint density at radius 3 is 2.71 bits per heavy atom. The van der Waals surface area contributed by atoms with Crippen LogP contribution in [0.4, 0.5) is 4.39 Å². The highest BCUT2D eigenvalue weighted by Gasteiger charge is 2.05. The maximum absolute atomic E-state index is 13.5. The molecule has 1 aromatic carbocycles. The van der Waals surface area contributed by atoms with Crippen molar-refractivity contribution in [1.29, 1.82) is 0 Å². The molecule has 0 aliphatic heterocycles. The van der Waals surface area contributed by atoms with Gasteiger partial charge in [0, 0.05) is 16.7 Å². The second-order valence-corrected chi connectivity index (χ2v) is 4.26. The monoisotopic (exact) mass is 297 g/mol. The number of hydrogen-bond donors (Lipinski definition) is 1. The predicted octanol–water partition coefficient (Wildman–Crippen LogP) is 3.27. The first-order chi connectivity index (χ1) is 8.19. The van der Waals surface area contributed by atoms with Crippen LogP contribution < -0.4 is 4.74 Å². The molecule has 0 saturated heterocycles. The van der Waals surface area contributed by atoms with Crippen molar-refractivity contribution in [3.05, 3.63) is 52.4 Å². The number of nitrogens with zero attached hydrogens (tertiary/aromatic N) is 1. The van der Waals surface area contributed by atoms with Gasteiger partial charge in [0.25, 0.3) is 0 Å². The summed E-state index contributed by atoms with van der Waals surface area (Å²) >= 11 is 3.16. The van der Waals surface area contributed by atoms with Crippen LogP contribution >= 0.6 is 15.9 Å². The van der Waals surface area contributed by atoms with Crippen LogP contribution in [0.15, 0.2) is 41.0 Å². The number of ether oxygens (including phenoxy) is 1. The molecule has 2 rings (SSSR count). The molecular formula is C12H9BrFNO2. The molecule has 0 fully saturated rings. The van der Waals surface area contributed by atoms with E-state index in [4.69, 9.17) is 9.84 Å². The molecule has 17 heavy (non-hydrogen) atoms. The number of benzene rings is 1. The number of rotatable bonds is 3. The summed E-state index contributed by atoms with van der Waals surface area (Å²) in [6.45, 7) is -0.0834. The zero-order valence-electron chi connectivity index (χ0n) is 8.73. The lowest BCUT2D eigenvalue weighted by molar-refractivity contribution is 0.281. The molecule has 0 radical (unpaired) electrons. The van der Waals surface area contributed by atoms with Gasteiger partial charge in [-0.05, 0) is 29.8 Å². The fourth-order valence-electron chi connectivity index (χ4n) is 1.24. The lowest BCUT2D eigenvalue weighted by Crippen LogP contribution is -1.92. The summed E-state index contributed by atoms with van der Waals surface area (Å²) in [5.74, 6) is -0.0757. The van der Waals surface area contributed by atoms with E-state index in [1.807, 2.05) is 0 Å². The van der Waals surface area contributed by atoms with Crippen molar-refractivity contribution < 1.29 is 14.2 Å². The van der Waals surface area contributed by atoms with Gasteiger partial charge >= 0.3 is 0 Å². The van der Waals surface area contributed by atoms with Crippen LogP contribution in [0.1, 0.15) is 5.56 Å². The smallest absolute Gasteiger partial charge is 0.219 e. The van der Waals surface area contributed by atoms with E-state index in [-0.39, 0.29) is 18.2 Å².